The summed E-state index contributed by atoms with van der Waals surface area (Å²) in [7, 11) is 0. The van der Waals surface area contributed by atoms with Crippen molar-refractivity contribution in [3.63, 3.8) is 0 Å². The van der Waals surface area contributed by atoms with Gasteiger partial charge < -0.3 is 0 Å². The van der Waals surface area contributed by atoms with Crippen molar-refractivity contribution in [3.05, 3.63) is 0 Å². The minimum absolute atomic E-state index is 0. The van der Waals surface area contributed by atoms with Gasteiger partial charge in [-0.05, 0) is 0 Å². The molecule has 0 unspecified atom stereocenters. The zero-order valence-corrected chi connectivity index (χ0v) is 7.76. The molecule has 0 N–H and O–H groups in total. The molecule has 0 aliphatic rings. The van der Waals surface area contributed by atoms with E-state index >= 15 is 0 Å². The van der Waals surface area contributed by atoms with Crippen molar-refractivity contribution in [2.75, 3.05) is 0 Å². The maximum atomic E-state index is 0. The molecule has 0 saturated carbocycles. The molecule has 0 aromatic heterocycles. The van der Waals surface area contributed by atoms with E-state index in [-0.39, 0.29) is 86.6 Å². The fourth-order valence-corrected chi connectivity index (χ4v) is 0. The fourth-order valence-electron chi connectivity index (χ4n) is 0. The molecular weight excluding hydrogens is 291 g/mol. The second-order valence-corrected chi connectivity index (χ2v) is 0. The van der Waals surface area contributed by atoms with Gasteiger partial charge in [0, 0.05) is 86.6 Å². The summed E-state index contributed by atoms with van der Waals surface area (Å²) in [6.07, 6.45) is 0. The van der Waals surface area contributed by atoms with Gasteiger partial charge in [0.2, 0.25) is 0 Å². The van der Waals surface area contributed by atoms with E-state index in [0.717, 1.165) is 0 Å². The van der Waals surface area contributed by atoms with E-state index in [0.29, 0.717) is 0 Å². The number of hydrogen-bond acceptors (Lipinski definition) is 0. The molecule has 0 bridgehead atoms. The van der Waals surface area contributed by atoms with E-state index in [1.807, 2.05) is 0 Å². The summed E-state index contributed by atoms with van der Waals surface area (Å²) < 4.78 is 0. The van der Waals surface area contributed by atoms with Crippen LogP contribution < -0.4 is 0 Å². The van der Waals surface area contributed by atoms with E-state index < -0.39 is 0 Å². The van der Waals surface area contributed by atoms with Gasteiger partial charge in [0.1, 0.15) is 0 Å². The first-order chi connectivity index (χ1) is 0. The summed E-state index contributed by atoms with van der Waals surface area (Å²) in [4.78, 5) is 0. The van der Waals surface area contributed by atoms with Crippen molar-refractivity contribution >= 4 is 11.0 Å². The molecule has 0 heterocycles. The fraction of sp³-hybridized carbons (Fsp3) is 0. The Kier molecular flexibility index (Phi) is 133. The van der Waals surface area contributed by atoms with Crippen LogP contribution in [0.15, 0.2) is 0 Å². The van der Waals surface area contributed by atoms with Crippen LogP contribution in [0, 0.1) is 41.7 Å². The van der Waals surface area contributed by atoms with Crippen LogP contribution >= 0.6 is 0 Å². The largest absolute Gasteiger partial charge is 0 e. The third-order valence-corrected chi connectivity index (χ3v) is 0. The molecule has 0 atom stereocenters. The second-order valence-electron chi connectivity index (χ2n) is 0. The molecule has 0 aromatic rings. The first-order valence-electron chi connectivity index (χ1n) is 0. The smallest absolute Gasteiger partial charge is 0 e. The van der Waals surface area contributed by atoms with E-state index in [4.69, 9.17) is 0 Å². The molecule has 0 aromatic carbocycles. The average molecular weight is 291 g/mol. The standard InChI is InChI=1S/Ce.Co.Cu.Si. The van der Waals surface area contributed by atoms with E-state index in [1.54, 1.807) is 0 Å². The SMILES string of the molecule is [Ce].[Co].[Cu].[Si]. The van der Waals surface area contributed by atoms with Crippen LogP contribution in [0.1, 0.15) is 0 Å². The molecule has 0 spiro atoms. The van der Waals surface area contributed by atoms with Crippen LogP contribution in [0.3, 0.4) is 0 Å². The quantitative estimate of drug-likeness (QED) is 0.533. The van der Waals surface area contributed by atoms with E-state index in [1.165, 1.54) is 0 Å². The van der Waals surface area contributed by atoms with Crippen LogP contribution in [0.25, 0.3) is 0 Å². The normalized spacial score (nSPS) is 0. The predicted octanol–water partition coefficient (Wildman–Crippen LogP) is -0.386. The van der Waals surface area contributed by atoms with Gasteiger partial charge in [-0.1, -0.05) is 0 Å². The van der Waals surface area contributed by atoms with Gasteiger partial charge in [0.15, 0.2) is 0 Å². The Hall–Kier alpha value is 2.62. The van der Waals surface area contributed by atoms with Gasteiger partial charge in [-0.15, -0.1) is 0 Å². The first kappa shape index (κ1) is 30.5. The molecule has 4 heavy (non-hydrogen) atoms. The summed E-state index contributed by atoms with van der Waals surface area (Å²) in [5.74, 6) is 0. The van der Waals surface area contributed by atoms with E-state index in [9.17, 15) is 0 Å². The second kappa shape index (κ2) is 17.5. The van der Waals surface area contributed by atoms with Crippen molar-refractivity contribution in [2.24, 2.45) is 0 Å². The first-order valence-corrected chi connectivity index (χ1v) is 0. The van der Waals surface area contributed by atoms with Crippen molar-refractivity contribution in [2.45, 2.75) is 0 Å². The zero-order chi connectivity index (χ0) is 0. The summed E-state index contributed by atoms with van der Waals surface area (Å²) in [5, 5.41) is 0. The number of hydrogen-bond donors (Lipinski definition) is 0. The molecule has 6 radical (unpaired) electrons. The van der Waals surface area contributed by atoms with Crippen LogP contribution in [0.4, 0.5) is 0 Å². The molecular formula is CeCoCuSi. The van der Waals surface area contributed by atoms with Gasteiger partial charge in [0.05, 0.1) is 0 Å². The van der Waals surface area contributed by atoms with Gasteiger partial charge >= 0.3 is 0 Å². The topological polar surface area (TPSA) is 0 Å². The Labute approximate surface area is 84.9 Å². The summed E-state index contributed by atoms with van der Waals surface area (Å²) in [5.41, 5.74) is 0. The molecule has 28 valence electrons. The Morgan fingerprint density at radius 1 is 1.00 bits per heavy atom. The monoisotopic (exact) mass is 290 g/mol. The molecule has 0 aliphatic heterocycles. The van der Waals surface area contributed by atoms with Crippen molar-refractivity contribution in [1.82, 2.24) is 0 Å². The maximum Gasteiger partial charge on any atom is 0 e. The summed E-state index contributed by atoms with van der Waals surface area (Å²) in [6.45, 7) is 0. The van der Waals surface area contributed by atoms with Crippen LogP contribution in [-0.4, -0.2) is 11.0 Å². The maximum absolute atomic E-state index is 0. The van der Waals surface area contributed by atoms with E-state index in [2.05, 4.69) is 0 Å². The van der Waals surface area contributed by atoms with Gasteiger partial charge in [-0.3, -0.25) is 0 Å². The molecule has 4 heteroatoms. The van der Waals surface area contributed by atoms with Gasteiger partial charge in [0.25, 0.3) is 0 Å². The molecule has 0 saturated heterocycles. The van der Waals surface area contributed by atoms with Crippen LogP contribution in [-0.2, 0) is 33.8 Å². The van der Waals surface area contributed by atoms with Crippen LogP contribution in [0.2, 0.25) is 0 Å². The third kappa shape index (κ3) is 8.82. The molecule has 0 aliphatic carbocycles. The Balaban J connectivity index is 0. The summed E-state index contributed by atoms with van der Waals surface area (Å²) >= 11 is 0. The minimum atomic E-state index is 0. The molecule has 0 fully saturated rings. The number of rotatable bonds is 0. The van der Waals surface area contributed by atoms with Crippen molar-refractivity contribution in [1.29, 1.82) is 0 Å². The molecule has 0 nitrogen and oxygen atoms in total. The summed E-state index contributed by atoms with van der Waals surface area (Å²) in [6, 6.07) is 0. The molecule has 0 amide bonds. The Morgan fingerprint density at radius 3 is 1.00 bits per heavy atom. The van der Waals surface area contributed by atoms with Gasteiger partial charge in [-0.25, -0.2) is 0 Å². The Bertz CT molecular complexity index is 8.00. The zero-order valence-electron chi connectivity index (χ0n) is 1.63. The van der Waals surface area contributed by atoms with Gasteiger partial charge in [-0.2, -0.15) is 0 Å². The Morgan fingerprint density at radius 2 is 1.00 bits per heavy atom. The predicted molar refractivity (Wildman–Crippen MR) is 5.75 cm³/mol. The van der Waals surface area contributed by atoms with Crippen molar-refractivity contribution < 1.29 is 75.6 Å². The van der Waals surface area contributed by atoms with Crippen molar-refractivity contribution in [3.8, 4) is 0 Å². The van der Waals surface area contributed by atoms with Crippen LogP contribution in [0.5, 0.6) is 0 Å². The minimum Gasteiger partial charge on any atom is 0 e. The average Bonchev–Trinajstić information content (AvgIpc) is 0. The third-order valence-electron chi connectivity index (χ3n) is 0. The molecule has 0 rings (SSSR count).